The molecular weight excluding hydrogens is 408 g/mol. The van der Waals surface area contributed by atoms with Crippen molar-refractivity contribution in [3.8, 4) is 17.2 Å². The predicted molar refractivity (Wildman–Crippen MR) is 112 cm³/mol. The highest BCUT2D eigenvalue weighted by atomic mass is 32.1. The van der Waals surface area contributed by atoms with Gasteiger partial charge in [-0.05, 0) is 18.2 Å². The van der Waals surface area contributed by atoms with Gasteiger partial charge < -0.3 is 16.0 Å². The first-order valence-electron chi connectivity index (χ1n) is 9.26. The average Bonchev–Trinajstić information content (AvgIpc) is 3.17. The summed E-state index contributed by atoms with van der Waals surface area (Å²) in [5.74, 6) is -0.570. The number of hydrogen-bond acceptors (Lipinski definition) is 8. The summed E-state index contributed by atoms with van der Waals surface area (Å²) in [5, 5.41) is 13.7. The molecule has 1 aliphatic heterocycles. The molecule has 1 saturated heterocycles. The zero-order chi connectivity index (χ0) is 20.8. The highest BCUT2D eigenvalue weighted by molar-refractivity contribution is 7.22. The van der Waals surface area contributed by atoms with Crippen molar-refractivity contribution in [3.63, 3.8) is 0 Å². The lowest BCUT2D eigenvalue weighted by molar-refractivity contribution is 0.585. The van der Waals surface area contributed by atoms with E-state index in [9.17, 15) is 9.65 Å². The summed E-state index contributed by atoms with van der Waals surface area (Å²) in [6.45, 7) is 3.01. The highest BCUT2D eigenvalue weighted by Crippen LogP contribution is 2.40. The highest BCUT2D eigenvalue weighted by Gasteiger charge is 2.24. The third-order valence-electron chi connectivity index (χ3n) is 5.17. The van der Waals surface area contributed by atoms with Crippen LogP contribution in [0, 0.1) is 23.0 Å². The molecule has 0 amide bonds. The van der Waals surface area contributed by atoms with Gasteiger partial charge in [-0.3, -0.25) is 0 Å². The van der Waals surface area contributed by atoms with Crippen molar-refractivity contribution in [2.75, 3.05) is 36.8 Å². The van der Waals surface area contributed by atoms with Crippen molar-refractivity contribution in [3.05, 3.63) is 41.7 Å². The Bertz CT molecular complexity index is 1340. The Hall–Kier alpha value is -3.42. The summed E-state index contributed by atoms with van der Waals surface area (Å²) in [4.78, 5) is 14.7. The number of thiazole rings is 1. The molecule has 0 radical (unpaired) electrons. The lowest BCUT2D eigenvalue weighted by atomic mass is 9.96. The second-order valence-corrected chi connectivity index (χ2v) is 7.91. The molecule has 3 heterocycles. The van der Waals surface area contributed by atoms with Crippen molar-refractivity contribution in [2.45, 2.75) is 0 Å². The van der Waals surface area contributed by atoms with Crippen LogP contribution in [-0.2, 0) is 0 Å². The van der Waals surface area contributed by atoms with Gasteiger partial charge >= 0.3 is 0 Å². The number of nitrogens with zero attached hydrogens (tertiary/aromatic N) is 5. The van der Waals surface area contributed by atoms with E-state index in [1.54, 1.807) is 6.07 Å². The summed E-state index contributed by atoms with van der Waals surface area (Å²) < 4.78 is 30.2. The van der Waals surface area contributed by atoms with E-state index >= 15 is 4.39 Å². The molecular formula is C20H15F2N7S. The number of nitrogen functional groups attached to an aromatic ring is 1. The maximum Gasteiger partial charge on any atom is 0.181 e. The van der Waals surface area contributed by atoms with E-state index in [0.717, 1.165) is 24.4 Å². The lowest BCUT2D eigenvalue weighted by Crippen LogP contribution is -2.44. The van der Waals surface area contributed by atoms with Crippen LogP contribution in [0.3, 0.4) is 0 Å². The van der Waals surface area contributed by atoms with Crippen molar-refractivity contribution >= 4 is 43.4 Å². The van der Waals surface area contributed by atoms with Gasteiger partial charge in [0, 0.05) is 42.7 Å². The number of rotatable bonds is 2. The van der Waals surface area contributed by atoms with Crippen LogP contribution < -0.4 is 16.0 Å². The molecule has 0 unspecified atom stereocenters. The van der Waals surface area contributed by atoms with Crippen LogP contribution in [0.2, 0.25) is 0 Å². The number of hydrogen-bond donors (Lipinski definition) is 2. The first-order chi connectivity index (χ1) is 14.6. The van der Waals surface area contributed by atoms with Gasteiger partial charge in [-0.25, -0.2) is 23.7 Å². The zero-order valence-corrected chi connectivity index (χ0v) is 16.4. The molecule has 150 valence electrons. The van der Waals surface area contributed by atoms with Gasteiger partial charge in [-0.2, -0.15) is 5.26 Å². The molecule has 30 heavy (non-hydrogen) atoms. The minimum absolute atomic E-state index is 0.0326. The Morgan fingerprint density at radius 1 is 1.17 bits per heavy atom. The Morgan fingerprint density at radius 3 is 2.73 bits per heavy atom. The number of nitrogens with one attached hydrogen (secondary N) is 1. The van der Waals surface area contributed by atoms with Crippen molar-refractivity contribution in [1.82, 2.24) is 20.3 Å². The summed E-state index contributed by atoms with van der Waals surface area (Å²) in [5.41, 5.74) is 6.53. The number of anilines is 2. The van der Waals surface area contributed by atoms with E-state index in [0.29, 0.717) is 29.9 Å². The number of halogens is 2. The van der Waals surface area contributed by atoms with Gasteiger partial charge in [-0.15, -0.1) is 0 Å². The van der Waals surface area contributed by atoms with Crippen LogP contribution in [0.25, 0.3) is 32.2 Å². The first kappa shape index (κ1) is 18.6. The number of nitrogens with two attached hydrogens (primary N) is 1. The fraction of sp³-hybridized carbons (Fsp3) is 0.200. The molecule has 5 rings (SSSR count). The minimum atomic E-state index is -0.665. The van der Waals surface area contributed by atoms with Crippen LogP contribution >= 0.6 is 11.3 Å². The number of piperazine rings is 1. The number of benzene rings is 2. The van der Waals surface area contributed by atoms with Crippen LogP contribution in [0.4, 0.5) is 19.7 Å². The normalized spacial score (nSPS) is 14.4. The quantitative estimate of drug-likeness (QED) is 0.511. The van der Waals surface area contributed by atoms with E-state index in [-0.39, 0.29) is 32.0 Å². The summed E-state index contributed by atoms with van der Waals surface area (Å²) in [6, 6.07) is 6.31. The average molecular weight is 423 g/mol. The SMILES string of the molecule is N#Cc1cc2c(N3CCNCC3)ncnc2c(F)c1-c1ccc(F)c2sc(N)nc12. The second kappa shape index (κ2) is 7.12. The molecule has 2 aromatic carbocycles. The van der Waals surface area contributed by atoms with Crippen molar-refractivity contribution in [2.24, 2.45) is 0 Å². The molecule has 0 spiro atoms. The van der Waals surface area contributed by atoms with Crippen LogP contribution in [0.5, 0.6) is 0 Å². The van der Waals surface area contributed by atoms with Crippen molar-refractivity contribution in [1.29, 1.82) is 5.26 Å². The van der Waals surface area contributed by atoms with Gasteiger partial charge in [0.15, 0.2) is 10.9 Å². The molecule has 0 saturated carbocycles. The lowest BCUT2D eigenvalue weighted by Gasteiger charge is -2.29. The molecule has 2 aromatic heterocycles. The fourth-order valence-corrected chi connectivity index (χ4v) is 4.59. The van der Waals surface area contributed by atoms with Gasteiger partial charge in [0.05, 0.1) is 21.8 Å². The first-order valence-corrected chi connectivity index (χ1v) is 10.1. The molecule has 1 fully saturated rings. The van der Waals surface area contributed by atoms with Crippen LogP contribution in [0.1, 0.15) is 5.56 Å². The van der Waals surface area contributed by atoms with Crippen molar-refractivity contribution < 1.29 is 8.78 Å². The van der Waals surface area contributed by atoms with E-state index in [1.807, 2.05) is 4.90 Å². The molecule has 0 aliphatic carbocycles. The predicted octanol–water partition coefficient (Wildman–Crippen LogP) is 3.05. The maximum atomic E-state index is 15.8. The zero-order valence-electron chi connectivity index (χ0n) is 15.6. The molecule has 10 heteroatoms. The third kappa shape index (κ3) is 2.82. The summed E-state index contributed by atoms with van der Waals surface area (Å²) >= 11 is 0.980. The van der Waals surface area contributed by atoms with E-state index < -0.39 is 11.6 Å². The van der Waals surface area contributed by atoms with Gasteiger partial charge in [0.25, 0.3) is 0 Å². The molecule has 3 N–H and O–H groups in total. The topological polar surface area (TPSA) is 104 Å². The minimum Gasteiger partial charge on any atom is -0.375 e. The van der Waals surface area contributed by atoms with E-state index in [2.05, 4.69) is 26.3 Å². The van der Waals surface area contributed by atoms with Gasteiger partial charge in [-0.1, -0.05) is 11.3 Å². The standard InChI is InChI=1S/C20H15F2N7S/c21-13-2-1-11(17-18(13)30-20(24)28-17)14-10(8-23)7-12-16(15(14)22)26-9-27-19(12)29-5-3-25-4-6-29/h1-2,7,9,25H,3-6H2,(H2,24,28). The number of nitriles is 1. The van der Waals surface area contributed by atoms with Gasteiger partial charge in [0.2, 0.25) is 0 Å². The Morgan fingerprint density at radius 2 is 1.97 bits per heavy atom. The molecule has 4 aromatic rings. The monoisotopic (exact) mass is 423 g/mol. The van der Waals surface area contributed by atoms with E-state index in [1.165, 1.54) is 18.5 Å². The molecule has 7 nitrogen and oxygen atoms in total. The third-order valence-corrected chi connectivity index (χ3v) is 6.06. The Balaban J connectivity index is 1.80. The number of aromatic nitrogens is 3. The summed E-state index contributed by atoms with van der Waals surface area (Å²) in [7, 11) is 0. The Labute approximate surface area is 173 Å². The van der Waals surface area contributed by atoms with Crippen LogP contribution in [-0.4, -0.2) is 41.1 Å². The van der Waals surface area contributed by atoms with Gasteiger partial charge in [0.1, 0.15) is 23.5 Å². The second-order valence-electron chi connectivity index (χ2n) is 6.88. The smallest absolute Gasteiger partial charge is 0.181 e. The van der Waals surface area contributed by atoms with E-state index in [4.69, 9.17) is 5.73 Å². The number of fused-ring (bicyclic) bond motifs is 2. The Kier molecular flexibility index (Phi) is 4.42. The molecule has 0 bridgehead atoms. The molecule has 1 aliphatic rings. The molecule has 0 atom stereocenters. The summed E-state index contributed by atoms with van der Waals surface area (Å²) in [6.07, 6.45) is 1.32. The fourth-order valence-electron chi connectivity index (χ4n) is 3.82. The largest absolute Gasteiger partial charge is 0.375 e. The maximum absolute atomic E-state index is 15.8. The van der Waals surface area contributed by atoms with Crippen LogP contribution in [0.15, 0.2) is 24.5 Å².